The molecule has 1 fully saturated rings. The molecule has 0 radical (unpaired) electrons. The molecule has 3 rings (SSSR count). The first-order valence-electron chi connectivity index (χ1n) is 11.4. The van der Waals surface area contributed by atoms with Gasteiger partial charge in [-0.05, 0) is 63.6 Å². The molecule has 31 heavy (non-hydrogen) atoms. The summed E-state index contributed by atoms with van der Waals surface area (Å²) in [6, 6.07) is 5.79. The summed E-state index contributed by atoms with van der Waals surface area (Å²) in [4.78, 5) is 26.9. The lowest BCUT2D eigenvalue weighted by Crippen LogP contribution is -2.46. The summed E-state index contributed by atoms with van der Waals surface area (Å²) in [6.45, 7) is 8.46. The quantitative estimate of drug-likeness (QED) is 0.553. The molecule has 7 heteroatoms. The van der Waals surface area contributed by atoms with Crippen molar-refractivity contribution in [3.63, 3.8) is 0 Å². The van der Waals surface area contributed by atoms with E-state index in [4.69, 9.17) is 18.9 Å². The predicted octanol–water partition coefficient (Wildman–Crippen LogP) is 4.71. The Morgan fingerprint density at radius 2 is 1.81 bits per heavy atom. The smallest absolute Gasteiger partial charge is 0.410 e. The Kier molecular flexibility index (Phi) is 7.68. The molecule has 1 heterocycles. The lowest BCUT2D eigenvalue weighted by atomic mass is 9.85. The third-order valence-electron chi connectivity index (χ3n) is 6.09. The van der Waals surface area contributed by atoms with Gasteiger partial charge in [0.05, 0.1) is 5.92 Å². The lowest BCUT2D eigenvalue weighted by Gasteiger charge is -2.37. The second-order valence-corrected chi connectivity index (χ2v) is 8.90. The minimum atomic E-state index is -0.699. The number of benzene rings is 1. The number of ether oxygens (including phenoxy) is 4. The van der Waals surface area contributed by atoms with E-state index in [2.05, 4.69) is 0 Å². The Morgan fingerprint density at radius 1 is 1.10 bits per heavy atom. The van der Waals surface area contributed by atoms with E-state index in [-0.39, 0.29) is 37.4 Å². The van der Waals surface area contributed by atoms with Crippen LogP contribution in [-0.4, -0.2) is 48.5 Å². The molecule has 172 valence electrons. The van der Waals surface area contributed by atoms with Crippen molar-refractivity contribution >= 4 is 12.1 Å². The number of hydrogen-bond acceptors (Lipinski definition) is 6. The van der Waals surface area contributed by atoms with Crippen LogP contribution >= 0.6 is 0 Å². The zero-order chi connectivity index (χ0) is 22.4. The van der Waals surface area contributed by atoms with Gasteiger partial charge in [-0.1, -0.05) is 26.3 Å². The average Bonchev–Trinajstić information content (AvgIpc) is 3.21. The number of carbonyl (C=O) groups is 2. The summed E-state index contributed by atoms with van der Waals surface area (Å²) in [5, 5.41) is 0. The van der Waals surface area contributed by atoms with Crippen molar-refractivity contribution < 1.29 is 28.5 Å². The van der Waals surface area contributed by atoms with Crippen LogP contribution in [0.25, 0.3) is 0 Å². The molecule has 1 aromatic carbocycles. The van der Waals surface area contributed by atoms with Crippen LogP contribution in [-0.2, 0) is 20.7 Å². The van der Waals surface area contributed by atoms with E-state index in [0.717, 1.165) is 49.2 Å². The molecule has 0 N–H and O–H groups in total. The van der Waals surface area contributed by atoms with Crippen LogP contribution in [0.1, 0.15) is 65.4 Å². The van der Waals surface area contributed by atoms with Gasteiger partial charge >= 0.3 is 12.1 Å². The van der Waals surface area contributed by atoms with E-state index >= 15 is 0 Å². The molecule has 1 saturated carbocycles. The molecule has 2 aliphatic rings. The Labute approximate surface area is 185 Å². The molecule has 1 aromatic rings. The van der Waals surface area contributed by atoms with Crippen molar-refractivity contribution in [3.05, 3.63) is 23.8 Å². The van der Waals surface area contributed by atoms with Gasteiger partial charge in [0.2, 0.25) is 6.79 Å². The minimum absolute atomic E-state index is 0.0570. The molecule has 1 amide bonds. The minimum Gasteiger partial charge on any atom is -0.455 e. The van der Waals surface area contributed by atoms with Crippen LogP contribution in [0.4, 0.5) is 4.79 Å². The topological polar surface area (TPSA) is 74.3 Å². The highest BCUT2D eigenvalue weighted by molar-refractivity contribution is 5.72. The summed E-state index contributed by atoms with van der Waals surface area (Å²) in [5.41, 5.74) is 0.368. The fourth-order valence-electron chi connectivity index (χ4n) is 4.22. The maximum absolute atomic E-state index is 12.9. The summed E-state index contributed by atoms with van der Waals surface area (Å²) in [7, 11) is 0. The van der Waals surface area contributed by atoms with E-state index in [1.54, 1.807) is 4.90 Å². The van der Waals surface area contributed by atoms with Gasteiger partial charge in [-0.3, -0.25) is 4.79 Å². The molecule has 1 aliphatic carbocycles. The third-order valence-corrected chi connectivity index (χ3v) is 6.09. The van der Waals surface area contributed by atoms with Gasteiger partial charge in [-0.15, -0.1) is 0 Å². The molecule has 1 unspecified atom stereocenters. The van der Waals surface area contributed by atoms with Gasteiger partial charge in [0, 0.05) is 12.6 Å². The number of carbonyl (C=O) groups excluding carboxylic acids is 2. The molecule has 7 nitrogen and oxygen atoms in total. The monoisotopic (exact) mass is 433 g/mol. The third kappa shape index (κ3) is 5.83. The summed E-state index contributed by atoms with van der Waals surface area (Å²) in [6.07, 6.45) is 4.83. The number of amides is 1. The highest BCUT2D eigenvalue weighted by Gasteiger charge is 2.38. The number of esters is 1. The van der Waals surface area contributed by atoms with Crippen LogP contribution < -0.4 is 9.47 Å². The Bertz CT molecular complexity index is 771. The summed E-state index contributed by atoms with van der Waals surface area (Å²) in [5.74, 6) is 1.04. The van der Waals surface area contributed by atoms with Crippen LogP contribution in [0.15, 0.2) is 18.2 Å². The molecule has 1 aliphatic heterocycles. The van der Waals surface area contributed by atoms with Crippen LogP contribution in [0, 0.1) is 5.92 Å². The Hall–Kier alpha value is -2.44. The van der Waals surface area contributed by atoms with E-state index in [9.17, 15) is 9.59 Å². The van der Waals surface area contributed by atoms with Crippen LogP contribution in [0.3, 0.4) is 0 Å². The highest BCUT2D eigenvalue weighted by Crippen LogP contribution is 2.34. The molecule has 1 atom stereocenters. The zero-order valence-electron chi connectivity index (χ0n) is 19.1. The summed E-state index contributed by atoms with van der Waals surface area (Å²) < 4.78 is 22.4. The van der Waals surface area contributed by atoms with Crippen molar-refractivity contribution in [3.8, 4) is 11.5 Å². The van der Waals surface area contributed by atoms with Gasteiger partial charge in [0.25, 0.3) is 0 Å². The summed E-state index contributed by atoms with van der Waals surface area (Å²) >= 11 is 0. The van der Waals surface area contributed by atoms with Crippen molar-refractivity contribution in [1.82, 2.24) is 4.90 Å². The normalized spacial score (nSPS) is 17.8. The molecule has 0 bridgehead atoms. The van der Waals surface area contributed by atoms with Crippen LogP contribution in [0.2, 0.25) is 0 Å². The number of hydrogen-bond donors (Lipinski definition) is 0. The fraction of sp³-hybridized carbons (Fsp3) is 0.667. The van der Waals surface area contributed by atoms with Gasteiger partial charge in [0.15, 0.2) is 11.5 Å². The second kappa shape index (κ2) is 10.2. The van der Waals surface area contributed by atoms with Crippen molar-refractivity contribution in [2.24, 2.45) is 5.92 Å². The maximum atomic E-state index is 12.9. The number of nitrogens with zero attached hydrogens (tertiary/aromatic N) is 1. The van der Waals surface area contributed by atoms with Crippen molar-refractivity contribution in [2.75, 3.05) is 19.9 Å². The molecule has 0 spiro atoms. The zero-order valence-corrected chi connectivity index (χ0v) is 19.1. The molecule has 0 aromatic heterocycles. The first-order valence-corrected chi connectivity index (χ1v) is 11.4. The molecular weight excluding hydrogens is 398 g/mol. The largest absolute Gasteiger partial charge is 0.455 e. The van der Waals surface area contributed by atoms with Gasteiger partial charge in [0.1, 0.15) is 12.2 Å². The van der Waals surface area contributed by atoms with Crippen molar-refractivity contribution in [1.29, 1.82) is 0 Å². The van der Waals surface area contributed by atoms with Gasteiger partial charge in [-0.25, -0.2) is 4.79 Å². The predicted molar refractivity (Wildman–Crippen MR) is 116 cm³/mol. The van der Waals surface area contributed by atoms with Gasteiger partial charge < -0.3 is 23.8 Å². The molecule has 0 saturated heterocycles. The first-order chi connectivity index (χ1) is 14.8. The molecular formula is C24H35NO6. The number of rotatable bonds is 8. The Balaban J connectivity index is 1.60. The van der Waals surface area contributed by atoms with Crippen molar-refractivity contribution in [2.45, 2.75) is 77.9 Å². The van der Waals surface area contributed by atoms with E-state index in [1.165, 1.54) is 0 Å². The average molecular weight is 434 g/mol. The van der Waals surface area contributed by atoms with Gasteiger partial charge in [-0.2, -0.15) is 0 Å². The second-order valence-electron chi connectivity index (χ2n) is 8.90. The number of likely N-dealkylation sites (N-methyl/N-ethyl adjacent to an activating group) is 1. The number of fused-ring (bicyclic) bond motifs is 1. The standard InChI is InChI=1S/C24H35NO6/c1-5-25(18(4)13-19-9-10-20-21(14-19)30-16-29-20)23(27)28-15-24(11-7-6-8-12-24)31-22(26)17(2)3/h9-10,14,17-18H,5-8,11-13,15-16H2,1-4H3. The Morgan fingerprint density at radius 3 is 2.48 bits per heavy atom. The lowest BCUT2D eigenvalue weighted by molar-refractivity contribution is -0.173. The fourth-order valence-corrected chi connectivity index (χ4v) is 4.22. The van der Waals surface area contributed by atoms with E-state index in [0.29, 0.717) is 13.0 Å². The highest BCUT2D eigenvalue weighted by atomic mass is 16.7. The SMILES string of the molecule is CCN(C(=O)OCC1(OC(=O)C(C)C)CCCCC1)C(C)Cc1ccc2c(c1)OCO2. The van der Waals surface area contributed by atoms with E-state index in [1.807, 2.05) is 45.9 Å². The maximum Gasteiger partial charge on any atom is 0.410 e. The van der Waals surface area contributed by atoms with E-state index < -0.39 is 5.60 Å². The first kappa shape index (κ1) is 23.2. The van der Waals surface area contributed by atoms with Crippen LogP contribution in [0.5, 0.6) is 11.5 Å².